The van der Waals surface area contributed by atoms with Crippen LogP contribution in [-0.4, -0.2) is 32.2 Å². The molecule has 1 heterocycles. The molecule has 3 aromatic rings. The number of likely N-dealkylation sites (N-methyl/N-ethyl adjacent to an activating group) is 1. The maximum Gasteiger partial charge on any atom is 0.336 e. The van der Waals surface area contributed by atoms with Gasteiger partial charge in [-0.3, -0.25) is 4.90 Å². The van der Waals surface area contributed by atoms with Crippen LogP contribution in [0.15, 0.2) is 57.7 Å². The van der Waals surface area contributed by atoms with Crippen molar-refractivity contribution in [3.05, 3.63) is 69.5 Å². The Morgan fingerprint density at radius 2 is 1.96 bits per heavy atom. The van der Waals surface area contributed by atoms with Crippen LogP contribution in [-0.2, 0) is 6.54 Å². The molecule has 0 bridgehead atoms. The third-order valence-electron chi connectivity index (χ3n) is 4.02. The quantitative estimate of drug-likeness (QED) is 0.586. The van der Waals surface area contributed by atoms with Gasteiger partial charge in [0.05, 0.1) is 7.11 Å². The molecule has 2 aromatic carbocycles. The number of hydrogen-bond donors (Lipinski definition) is 0. The van der Waals surface area contributed by atoms with Gasteiger partial charge in [0.25, 0.3) is 0 Å². The van der Waals surface area contributed by atoms with E-state index in [9.17, 15) is 4.79 Å². The number of ether oxygens (including phenoxy) is 2. The highest BCUT2D eigenvalue weighted by atomic mass is 35.5. The van der Waals surface area contributed by atoms with Crippen molar-refractivity contribution in [1.82, 2.24) is 4.90 Å². The summed E-state index contributed by atoms with van der Waals surface area (Å²) in [6.45, 7) is 1.82. The van der Waals surface area contributed by atoms with Crippen molar-refractivity contribution in [3.63, 3.8) is 0 Å². The van der Waals surface area contributed by atoms with Crippen molar-refractivity contribution in [2.45, 2.75) is 6.54 Å². The monoisotopic (exact) mass is 373 g/mol. The first-order valence-electron chi connectivity index (χ1n) is 8.23. The Kier molecular flexibility index (Phi) is 5.81. The Hall–Kier alpha value is -2.50. The summed E-state index contributed by atoms with van der Waals surface area (Å²) >= 11 is 5.95. The Bertz CT molecular complexity index is 954. The molecular formula is C20H20ClNO4. The van der Waals surface area contributed by atoms with Gasteiger partial charge in [0, 0.05) is 35.6 Å². The second-order valence-electron chi connectivity index (χ2n) is 6.00. The van der Waals surface area contributed by atoms with Crippen LogP contribution in [0.5, 0.6) is 11.5 Å². The van der Waals surface area contributed by atoms with Crippen molar-refractivity contribution in [2.24, 2.45) is 0 Å². The number of hydrogen-bond acceptors (Lipinski definition) is 5. The Balaban J connectivity index is 1.67. The molecule has 0 aliphatic rings. The zero-order chi connectivity index (χ0) is 18.5. The first-order valence-corrected chi connectivity index (χ1v) is 8.60. The van der Waals surface area contributed by atoms with Crippen LogP contribution in [0.3, 0.4) is 0 Å². The van der Waals surface area contributed by atoms with Crippen LogP contribution in [0.1, 0.15) is 5.56 Å². The van der Waals surface area contributed by atoms with E-state index in [1.165, 1.54) is 6.07 Å². The van der Waals surface area contributed by atoms with Crippen LogP contribution in [0, 0.1) is 0 Å². The van der Waals surface area contributed by atoms with Crippen LogP contribution in [0.25, 0.3) is 11.0 Å². The molecular weight excluding hydrogens is 354 g/mol. The normalized spacial score (nSPS) is 11.1. The Labute approximate surface area is 156 Å². The molecule has 0 spiro atoms. The molecule has 0 saturated carbocycles. The van der Waals surface area contributed by atoms with E-state index in [-0.39, 0.29) is 5.63 Å². The lowest BCUT2D eigenvalue weighted by molar-refractivity contribution is 0.233. The Morgan fingerprint density at radius 3 is 2.73 bits per heavy atom. The molecule has 0 amide bonds. The first-order chi connectivity index (χ1) is 12.5. The lowest BCUT2D eigenvalue weighted by Gasteiger charge is -2.18. The minimum absolute atomic E-state index is 0.371. The number of nitrogens with zero attached hydrogens (tertiary/aromatic N) is 1. The predicted octanol–water partition coefficient (Wildman–Crippen LogP) is 3.97. The zero-order valence-corrected chi connectivity index (χ0v) is 15.5. The van der Waals surface area contributed by atoms with Crippen LogP contribution in [0.2, 0.25) is 5.02 Å². The van der Waals surface area contributed by atoms with Crippen molar-refractivity contribution >= 4 is 22.6 Å². The number of rotatable bonds is 7. The molecule has 0 aliphatic heterocycles. The zero-order valence-electron chi connectivity index (χ0n) is 14.7. The van der Waals surface area contributed by atoms with Crippen LogP contribution in [0.4, 0.5) is 0 Å². The molecule has 26 heavy (non-hydrogen) atoms. The van der Waals surface area contributed by atoms with Gasteiger partial charge in [0.2, 0.25) is 0 Å². The molecule has 0 fully saturated rings. The molecule has 0 saturated heterocycles. The summed E-state index contributed by atoms with van der Waals surface area (Å²) in [6, 6.07) is 14.3. The highest BCUT2D eigenvalue weighted by Crippen LogP contribution is 2.23. The second-order valence-corrected chi connectivity index (χ2v) is 6.43. The fourth-order valence-corrected chi connectivity index (χ4v) is 2.89. The number of methoxy groups -OCH3 is 1. The van der Waals surface area contributed by atoms with E-state index < -0.39 is 0 Å². The largest absolute Gasteiger partial charge is 0.497 e. The van der Waals surface area contributed by atoms with E-state index in [2.05, 4.69) is 4.90 Å². The standard InChI is InChI=1S/C20H20ClNO4/c1-22(8-9-25-17-5-3-4-15(21)11-17)13-14-10-20(23)26-19-12-16(24-2)6-7-18(14)19/h3-7,10-12H,8-9,13H2,1-2H3. The highest BCUT2D eigenvalue weighted by molar-refractivity contribution is 6.30. The fourth-order valence-electron chi connectivity index (χ4n) is 2.71. The average Bonchev–Trinajstić information content (AvgIpc) is 2.61. The fraction of sp³-hybridized carbons (Fsp3) is 0.250. The molecule has 0 N–H and O–H groups in total. The van der Waals surface area contributed by atoms with E-state index in [1.807, 2.05) is 37.4 Å². The lowest BCUT2D eigenvalue weighted by atomic mass is 10.1. The molecule has 136 valence electrons. The molecule has 0 radical (unpaired) electrons. The average molecular weight is 374 g/mol. The van der Waals surface area contributed by atoms with Crippen molar-refractivity contribution in [3.8, 4) is 11.5 Å². The first kappa shape index (κ1) is 18.3. The second kappa shape index (κ2) is 8.25. The topological polar surface area (TPSA) is 51.9 Å². The molecule has 0 atom stereocenters. The lowest BCUT2D eigenvalue weighted by Crippen LogP contribution is -2.24. The van der Waals surface area contributed by atoms with Gasteiger partial charge in [-0.2, -0.15) is 0 Å². The molecule has 1 aromatic heterocycles. The minimum Gasteiger partial charge on any atom is -0.497 e. The molecule has 3 rings (SSSR count). The van der Waals surface area contributed by atoms with Gasteiger partial charge in [-0.25, -0.2) is 4.79 Å². The molecule has 0 unspecified atom stereocenters. The third kappa shape index (κ3) is 4.56. The van der Waals surface area contributed by atoms with Crippen molar-refractivity contribution in [2.75, 3.05) is 27.3 Å². The number of fused-ring (bicyclic) bond motifs is 1. The van der Waals surface area contributed by atoms with E-state index in [0.29, 0.717) is 36.1 Å². The summed E-state index contributed by atoms with van der Waals surface area (Å²) in [5.41, 5.74) is 1.06. The maximum absolute atomic E-state index is 11.9. The van der Waals surface area contributed by atoms with Gasteiger partial charge in [0.1, 0.15) is 23.7 Å². The summed E-state index contributed by atoms with van der Waals surface area (Å²) < 4.78 is 16.2. The minimum atomic E-state index is -0.371. The van der Waals surface area contributed by atoms with E-state index in [0.717, 1.165) is 16.7 Å². The summed E-state index contributed by atoms with van der Waals surface area (Å²) in [5.74, 6) is 1.39. The summed E-state index contributed by atoms with van der Waals surface area (Å²) in [6.07, 6.45) is 0. The SMILES string of the molecule is COc1ccc2c(CN(C)CCOc3cccc(Cl)c3)cc(=O)oc2c1. The summed E-state index contributed by atoms with van der Waals surface area (Å²) in [4.78, 5) is 13.9. The van der Waals surface area contributed by atoms with E-state index >= 15 is 0 Å². The van der Waals surface area contributed by atoms with E-state index in [1.54, 1.807) is 19.2 Å². The van der Waals surface area contributed by atoms with Gasteiger partial charge in [-0.15, -0.1) is 0 Å². The predicted molar refractivity (Wildman–Crippen MR) is 102 cm³/mol. The van der Waals surface area contributed by atoms with Gasteiger partial charge in [-0.05, 0) is 42.9 Å². The highest BCUT2D eigenvalue weighted by Gasteiger charge is 2.09. The number of halogens is 1. The molecule has 0 aliphatic carbocycles. The van der Waals surface area contributed by atoms with Crippen LogP contribution >= 0.6 is 11.6 Å². The van der Waals surface area contributed by atoms with Gasteiger partial charge in [0.15, 0.2) is 0 Å². The molecule has 5 nitrogen and oxygen atoms in total. The van der Waals surface area contributed by atoms with Gasteiger partial charge in [-0.1, -0.05) is 17.7 Å². The van der Waals surface area contributed by atoms with Crippen LogP contribution < -0.4 is 15.1 Å². The van der Waals surface area contributed by atoms with Crippen molar-refractivity contribution < 1.29 is 13.9 Å². The van der Waals surface area contributed by atoms with Gasteiger partial charge >= 0.3 is 5.63 Å². The maximum atomic E-state index is 11.9. The summed E-state index contributed by atoms with van der Waals surface area (Å²) in [5, 5.41) is 1.54. The smallest absolute Gasteiger partial charge is 0.336 e. The molecule has 6 heteroatoms. The van der Waals surface area contributed by atoms with Gasteiger partial charge < -0.3 is 13.9 Å². The number of benzene rings is 2. The van der Waals surface area contributed by atoms with Crippen molar-refractivity contribution in [1.29, 1.82) is 0 Å². The Morgan fingerprint density at radius 1 is 1.12 bits per heavy atom. The third-order valence-corrected chi connectivity index (χ3v) is 4.25. The summed E-state index contributed by atoms with van der Waals surface area (Å²) in [7, 11) is 3.56. The van der Waals surface area contributed by atoms with E-state index in [4.69, 9.17) is 25.5 Å².